The summed E-state index contributed by atoms with van der Waals surface area (Å²) in [6.45, 7) is 5.03. The van der Waals surface area contributed by atoms with Crippen LogP contribution in [-0.2, 0) is 10.3 Å². The van der Waals surface area contributed by atoms with Crippen molar-refractivity contribution in [3.05, 3.63) is 77.6 Å². The largest absolute Gasteiger partial charge is 0.341 e. The molecule has 0 aliphatic rings. The summed E-state index contributed by atoms with van der Waals surface area (Å²) >= 11 is 18.1. The predicted molar refractivity (Wildman–Crippen MR) is 140 cm³/mol. The second-order valence-electron chi connectivity index (χ2n) is 7.82. The highest BCUT2D eigenvalue weighted by Gasteiger charge is 2.28. The fourth-order valence-corrected chi connectivity index (χ4v) is 4.36. The molecule has 2 heterocycles. The molecule has 5 nitrogen and oxygen atoms in total. The zero-order valence-electron chi connectivity index (χ0n) is 18.0. The minimum absolute atomic E-state index is 0.0930. The molecule has 2 aromatic heterocycles. The van der Waals surface area contributed by atoms with Crippen LogP contribution in [0.15, 0.2) is 65.8 Å². The minimum Gasteiger partial charge on any atom is -0.341 e. The summed E-state index contributed by atoms with van der Waals surface area (Å²) in [6.07, 6.45) is 1.76. The van der Waals surface area contributed by atoms with Gasteiger partial charge < -0.3 is 4.57 Å². The summed E-state index contributed by atoms with van der Waals surface area (Å²) in [5.41, 5.74) is 8.11. The van der Waals surface area contributed by atoms with Crippen LogP contribution in [0.3, 0.4) is 0 Å². The topological polar surface area (TPSA) is 55.1 Å². The highest BCUT2D eigenvalue weighted by atomic mass is 35.6. The van der Waals surface area contributed by atoms with Crippen LogP contribution in [0, 0.1) is 6.92 Å². The van der Waals surface area contributed by atoms with Gasteiger partial charge in [0.1, 0.15) is 0 Å². The van der Waals surface area contributed by atoms with Crippen LogP contribution in [0.2, 0.25) is 0 Å². The van der Waals surface area contributed by atoms with Gasteiger partial charge in [0, 0.05) is 33.7 Å². The van der Waals surface area contributed by atoms with E-state index >= 15 is 0 Å². The lowest BCUT2D eigenvalue weighted by Crippen LogP contribution is -2.09. The maximum atomic E-state index is 6.05. The van der Waals surface area contributed by atoms with Gasteiger partial charge in [0.15, 0.2) is 11.6 Å². The number of rotatable bonds is 4. The third kappa shape index (κ3) is 4.12. The highest BCUT2D eigenvalue weighted by molar-refractivity contribution is 6.66. The molecule has 5 aromatic rings. The number of benzene rings is 3. The third-order valence-corrected chi connectivity index (χ3v) is 6.11. The molecule has 1 N–H and O–H groups in total. The number of halogens is 3. The number of nitrogens with one attached hydrogen (secondary N) is 1. The zero-order chi connectivity index (χ0) is 23.2. The first kappa shape index (κ1) is 22.0. The number of hydrogen-bond acceptors (Lipinski definition) is 4. The van der Waals surface area contributed by atoms with E-state index in [0.29, 0.717) is 11.3 Å². The number of fused-ring (bicyclic) bond motifs is 4. The average Bonchev–Trinajstić information content (AvgIpc) is 3.11. The van der Waals surface area contributed by atoms with Gasteiger partial charge in [0.05, 0.1) is 11.7 Å². The van der Waals surface area contributed by atoms with Crippen LogP contribution in [0.5, 0.6) is 0 Å². The quantitative estimate of drug-likeness (QED) is 0.161. The molecule has 3 aromatic carbocycles. The molecule has 0 atom stereocenters. The van der Waals surface area contributed by atoms with Crippen molar-refractivity contribution >= 4 is 79.5 Å². The molecule has 166 valence electrons. The van der Waals surface area contributed by atoms with Gasteiger partial charge in [-0.05, 0) is 43.7 Å². The van der Waals surface area contributed by atoms with Gasteiger partial charge in [0.2, 0.25) is 3.79 Å². The maximum Gasteiger partial charge on any atom is 0.250 e. The van der Waals surface area contributed by atoms with E-state index in [1.54, 1.807) is 6.21 Å². The van der Waals surface area contributed by atoms with E-state index < -0.39 is 3.79 Å². The Morgan fingerprint density at radius 1 is 0.939 bits per heavy atom. The molecule has 0 radical (unpaired) electrons. The van der Waals surface area contributed by atoms with Gasteiger partial charge >= 0.3 is 0 Å². The summed E-state index contributed by atoms with van der Waals surface area (Å²) in [4.78, 5) is 8.80. The van der Waals surface area contributed by atoms with Crippen molar-refractivity contribution in [1.82, 2.24) is 14.5 Å². The second kappa shape index (κ2) is 8.49. The van der Waals surface area contributed by atoms with Gasteiger partial charge in [-0.2, -0.15) is 5.10 Å². The Hall–Kier alpha value is -2.86. The van der Waals surface area contributed by atoms with Crippen molar-refractivity contribution in [1.29, 1.82) is 0 Å². The number of para-hydroxylation sites is 1. The molecular weight excluding hydrogens is 477 g/mol. The summed E-state index contributed by atoms with van der Waals surface area (Å²) in [6, 6.07) is 20.6. The fourth-order valence-electron chi connectivity index (χ4n) is 4.11. The molecule has 5 rings (SSSR count). The summed E-state index contributed by atoms with van der Waals surface area (Å²) in [7, 11) is 0. The van der Waals surface area contributed by atoms with Gasteiger partial charge in [-0.15, -0.1) is 0 Å². The van der Waals surface area contributed by atoms with Crippen LogP contribution in [0.25, 0.3) is 32.7 Å². The van der Waals surface area contributed by atoms with Crippen LogP contribution in [0.4, 0.5) is 5.82 Å². The minimum atomic E-state index is -1.74. The second-order valence-corrected chi connectivity index (χ2v) is 10.1. The van der Waals surface area contributed by atoms with Crippen molar-refractivity contribution in [2.24, 2.45) is 5.10 Å². The number of aryl methyl sites for hydroxylation is 2. The number of hydrogen-bond donors (Lipinski definition) is 1. The van der Waals surface area contributed by atoms with E-state index in [4.69, 9.17) is 34.8 Å². The lowest BCUT2D eigenvalue weighted by molar-refractivity contribution is 0.827. The van der Waals surface area contributed by atoms with E-state index in [2.05, 4.69) is 74.5 Å². The van der Waals surface area contributed by atoms with E-state index in [1.165, 1.54) is 21.8 Å². The van der Waals surface area contributed by atoms with Crippen molar-refractivity contribution in [2.75, 3.05) is 5.43 Å². The van der Waals surface area contributed by atoms with Crippen LogP contribution < -0.4 is 5.43 Å². The molecule has 8 heteroatoms. The summed E-state index contributed by atoms with van der Waals surface area (Å²) < 4.78 is 0.571. The first-order chi connectivity index (χ1) is 15.8. The number of anilines is 1. The standard InChI is InChI=1S/C25H20Cl3N5/c1-3-33-21-7-5-4-6-17(21)18-10-9-16(13-22(18)33)14-29-32-23-19-12-15(2)8-11-20(19)30-24(31-23)25(26,27)28/h4-14H,3H2,1-2H3,(H,30,31,32)/b29-14+. The van der Waals surface area contributed by atoms with Crippen molar-refractivity contribution in [3.8, 4) is 0 Å². The molecule has 0 saturated heterocycles. The van der Waals surface area contributed by atoms with Crippen molar-refractivity contribution in [2.45, 2.75) is 24.2 Å². The lowest BCUT2D eigenvalue weighted by Gasteiger charge is -2.13. The Labute approximate surface area is 206 Å². The van der Waals surface area contributed by atoms with Crippen LogP contribution >= 0.6 is 34.8 Å². The molecule has 0 spiro atoms. The third-order valence-electron chi connectivity index (χ3n) is 5.60. The smallest absolute Gasteiger partial charge is 0.250 e. The van der Waals surface area contributed by atoms with Gasteiger partial charge in [0.25, 0.3) is 0 Å². The van der Waals surface area contributed by atoms with E-state index in [9.17, 15) is 0 Å². The molecule has 0 fully saturated rings. The molecule has 0 saturated carbocycles. The fraction of sp³-hybridized carbons (Fsp3) is 0.160. The highest BCUT2D eigenvalue weighted by Crippen LogP contribution is 2.37. The first-order valence-corrected chi connectivity index (χ1v) is 11.6. The zero-order valence-corrected chi connectivity index (χ0v) is 20.2. The monoisotopic (exact) mass is 495 g/mol. The van der Waals surface area contributed by atoms with Crippen LogP contribution in [-0.4, -0.2) is 20.7 Å². The average molecular weight is 497 g/mol. The lowest BCUT2D eigenvalue weighted by atomic mass is 10.1. The SMILES string of the molecule is CCn1c2ccccc2c2ccc(/C=N/Nc3nc(C(Cl)(Cl)Cl)nc4ccc(C)cc34)cc21. The summed E-state index contributed by atoms with van der Waals surface area (Å²) in [5, 5.41) is 7.70. The Balaban J connectivity index is 1.53. The molecule has 33 heavy (non-hydrogen) atoms. The number of nitrogens with zero attached hydrogens (tertiary/aromatic N) is 4. The number of alkyl halides is 3. The predicted octanol–water partition coefficient (Wildman–Crippen LogP) is 7.34. The van der Waals surface area contributed by atoms with Gasteiger partial charge in [-0.3, -0.25) is 5.43 Å². The van der Waals surface area contributed by atoms with E-state index in [1.807, 2.05) is 25.1 Å². The maximum absolute atomic E-state index is 6.05. The Morgan fingerprint density at radius 3 is 2.52 bits per heavy atom. The molecule has 0 amide bonds. The molecule has 0 aliphatic carbocycles. The molecule has 0 aliphatic heterocycles. The summed E-state index contributed by atoms with van der Waals surface area (Å²) in [5.74, 6) is 0.570. The van der Waals surface area contributed by atoms with Crippen LogP contribution in [0.1, 0.15) is 23.9 Å². The Bertz CT molecular complexity index is 1530. The van der Waals surface area contributed by atoms with E-state index in [0.717, 1.165) is 23.1 Å². The van der Waals surface area contributed by atoms with Crippen molar-refractivity contribution < 1.29 is 0 Å². The van der Waals surface area contributed by atoms with Crippen molar-refractivity contribution in [3.63, 3.8) is 0 Å². The molecular formula is C25H20Cl3N5. The number of hydrazone groups is 1. The first-order valence-electron chi connectivity index (χ1n) is 10.5. The Morgan fingerprint density at radius 2 is 1.73 bits per heavy atom. The van der Waals surface area contributed by atoms with Gasteiger partial charge in [-0.25, -0.2) is 9.97 Å². The Kier molecular flexibility index (Phi) is 5.65. The molecule has 0 bridgehead atoms. The van der Waals surface area contributed by atoms with E-state index in [-0.39, 0.29) is 5.82 Å². The normalized spacial score (nSPS) is 12.4. The molecule has 0 unspecified atom stereocenters. The van der Waals surface area contributed by atoms with Gasteiger partial charge in [-0.1, -0.05) is 76.8 Å². The number of aromatic nitrogens is 3.